The minimum absolute atomic E-state index is 0.494. The average molecular weight is 240 g/mol. The van der Waals surface area contributed by atoms with Crippen LogP contribution in [0.4, 0.5) is 0 Å². The molecular weight excluding hydrogens is 220 g/mol. The van der Waals surface area contributed by atoms with Crippen LogP contribution in [0.5, 0.6) is 0 Å². The van der Waals surface area contributed by atoms with E-state index < -0.39 is 0 Å². The van der Waals surface area contributed by atoms with Crippen LogP contribution in [0, 0.1) is 0 Å². The molecule has 2 aromatic rings. The van der Waals surface area contributed by atoms with Crippen LogP contribution >= 0.6 is 0 Å². The zero-order valence-electron chi connectivity index (χ0n) is 11.5. The summed E-state index contributed by atoms with van der Waals surface area (Å²) in [7, 11) is 0. The summed E-state index contributed by atoms with van der Waals surface area (Å²) in [4.78, 5) is 10.8. The molecule has 1 heteroatoms. The Balaban J connectivity index is 2.78. The Bertz CT molecular complexity index is 579. The van der Waals surface area contributed by atoms with Crippen LogP contribution in [-0.2, 0) is 0 Å². The number of fused-ring (bicyclic) bond motifs is 1. The predicted molar refractivity (Wildman–Crippen MR) is 77.5 cm³/mol. The number of carbonyl (C=O) groups is 1. The van der Waals surface area contributed by atoms with Crippen LogP contribution in [0.3, 0.4) is 0 Å². The molecule has 0 saturated heterocycles. The van der Waals surface area contributed by atoms with Gasteiger partial charge in [0.2, 0.25) is 0 Å². The molecule has 0 saturated carbocycles. The first-order valence-corrected chi connectivity index (χ1v) is 6.56. The lowest BCUT2D eigenvalue weighted by Gasteiger charge is -2.19. The molecule has 0 aliphatic rings. The maximum absolute atomic E-state index is 10.8. The highest BCUT2D eigenvalue weighted by Crippen LogP contribution is 2.33. The third-order valence-electron chi connectivity index (χ3n) is 3.45. The standard InChI is InChI=1S/C17H20O/c1-11(2)15-8-6-14-9-13(10-18)5-7-16(14)17(15)12(3)4/h5-12H,1-4H3. The molecule has 0 fully saturated rings. The lowest BCUT2D eigenvalue weighted by molar-refractivity contribution is 0.112. The molecule has 0 spiro atoms. The molecule has 0 atom stereocenters. The fraction of sp³-hybridized carbons (Fsp3) is 0.353. The summed E-state index contributed by atoms with van der Waals surface area (Å²) in [5.74, 6) is 1.02. The van der Waals surface area contributed by atoms with Crippen LogP contribution in [0.1, 0.15) is 61.0 Å². The summed E-state index contributed by atoms with van der Waals surface area (Å²) in [6, 6.07) is 10.3. The number of carbonyl (C=O) groups excluding carboxylic acids is 1. The average Bonchev–Trinajstić information content (AvgIpc) is 2.36. The summed E-state index contributed by atoms with van der Waals surface area (Å²) >= 11 is 0. The van der Waals surface area contributed by atoms with Crippen molar-refractivity contribution in [1.82, 2.24) is 0 Å². The van der Waals surface area contributed by atoms with E-state index in [0.717, 1.165) is 17.2 Å². The van der Waals surface area contributed by atoms with Gasteiger partial charge in [0.05, 0.1) is 0 Å². The molecule has 0 aromatic heterocycles. The van der Waals surface area contributed by atoms with Crippen LogP contribution < -0.4 is 0 Å². The zero-order valence-corrected chi connectivity index (χ0v) is 11.5. The normalized spacial score (nSPS) is 11.4. The van der Waals surface area contributed by atoms with Gasteiger partial charge in [-0.3, -0.25) is 4.79 Å². The number of rotatable bonds is 3. The summed E-state index contributed by atoms with van der Waals surface area (Å²) < 4.78 is 0. The molecule has 0 amide bonds. The summed E-state index contributed by atoms with van der Waals surface area (Å²) in [5, 5.41) is 2.44. The minimum atomic E-state index is 0.494. The van der Waals surface area contributed by atoms with Crippen molar-refractivity contribution in [2.75, 3.05) is 0 Å². The molecule has 2 rings (SSSR count). The molecule has 0 heterocycles. The molecule has 0 radical (unpaired) electrons. The largest absolute Gasteiger partial charge is 0.298 e. The molecular formula is C17H20O. The number of benzene rings is 2. The van der Waals surface area contributed by atoms with Gasteiger partial charge in [0, 0.05) is 5.56 Å². The van der Waals surface area contributed by atoms with Gasteiger partial charge in [-0.25, -0.2) is 0 Å². The Kier molecular flexibility index (Phi) is 3.51. The van der Waals surface area contributed by atoms with Gasteiger partial charge in [0.25, 0.3) is 0 Å². The lowest BCUT2D eigenvalue weighted by Crippen LogP contribution is -2.00. The van der Waals surface area contributed by atoms with Gasteiger partial charge in [-0.1, -0.05) is 52.0 Å². The maximum Gasteiger partial charge on any atom is 0.150 e. The van der Waals surface area contributed by atoms with Gasteiger partial charge in [0.15, 0.2) is 0 Å². The van der Waals surface area contributed by atoms with E-state index in [4.69, 9.17) is 0 Å². The minimum Gasteiger partial charge on any atom is -0.298 e. The van der Waals surface area contributed by atoms with E-state index in [2.05, 4.69) is 45.9 Å². The Morgan fingerprint density at radius 1 is 0.944 bits per heavy atom. The summed E-state index contributed by atoms with van der Waals surface area (Å²) in [5.41, 5.74) is 3.57. The summed E-state index contributed by atoms with van der Waals surface area (Å²) in [6.45, 7) is 8.92. The fourth-order valence-corrected chi connectivity index (χ4v) is 2.61. The molecule has 0 aliphatic heterocycles. The van der Waals surface area contributed by atoms with Crippen molar-refractivity contribution in [3.63, 3.8) is 0 Å². The number of aldehydes is 1. The zero-order chi connectivity index (χ0) is 13.3. The molecule has 18 heavy (non-hydrogen) atoms. The molecule has 0 aliphatic carbocycles. The van der Waals surface area contributed by atoms with Gasteiger partial charge in [-0.15, -0.1) is 0 Å². The highest BCUT2D eigenvalue weighted by atomic mass is 16.1. The highest BCUT2D eigenvalue weighted by molar-refractivity contribution is 5.92. The third kappa shape index (κ3) is 2.17. The first-order chi connectivity index (χ1) is 8.54. The van der Waals surface area contributed by atoms with E-state index in [1.165, 1.54) is 16.5 Å². The van der Waals surface area contributed by atoms with E-state index in [9.17, 15) is 4.79 Å². The van der Waals surface area contributed by atoms with E-state index >= 15 is 0 Å². The smallest absolute Gasteiger partial charge is 0.150 e. The molecule has 2 aromatic carbocycles. The van der Waals surface area contributed by atoms with Gasteiger partial charge in [-0.05, 0) is 39.8 Å². The van der Waals surface area contributed by atoms with Crippen LogP contribution in [-0.4, -0.2) is 6.29 Å². The van der Waals surface area contributed by atoms with Gasteiger partial charge < -0.3 is 0 Å². The van der Waals surface area contributed by atoms with Crippen molar-refractivity contribution >= 4 is 17.1 Å². The lowest BCUT2D eigenvalue weighted by atomic mass is 9.86. The van der Waals surface area contributed by atoms with Crippen molar-refractivity contribution in [3.05, 3.63) is 47.0 Å². The molecule has 0 bridgehead atoms. The maximum atomic E-state index is 10.8. The second kappa shape index (κ2) is 4.93. The second-order valence-corrected chi connectivity index (χ2v) is 5.48. The van der Waals surface area contributed by atoms with Crippen molar-refractivity contribution < 1.29 is 4.79 Å². The first-order valence-electron chi connectivity index (χ1n) is 6.56. The predicted octanol–water partition coefficient (Wildman–Crippen LogP) is 4.90. The Hall–Kier alpha value is -1.63. The molecule has 0 unspecified atom stereocenters. The van der Waals surface area contributed by atoms with Crippen LogP contribution in [0.25, 0.3) is 10.8 Å². The van der Waals surface area contributed by atoms with E-state index in [0.29, 0.717) is 11.8 Å². The SMILES string of the molecule is CC(C)c1ccc2cc(C=O)ccc2c1C(C)C. The Morgan fingerprint density at radius 2 is 1.67 bits per heavy atom. The molecule has 1 nitrogen and oxygen atoms in total. The van der Waals surface area contributed by atoms with E-state index in [1.54, 1.807) is 0 Å². The van der Waals surface area contributed by atoms with Crippen molar-refractivity contribution in [2.24, 2.45) is 0 Å². The quantitative estimate of drug-likeness (QED) is 0.697. The Labute approximate surface area is 109 Å². The highest BCUT2D eigenvalue weighted by Gasteiger charge is 2.13. The third-order valence-corrected chi connectivity index (χ3v) is 3.45. The van der Waals surface area contributed by atoms with Crippen molar-refractivity contribution in [3.8, 4) is 0 Å². The fourth-order valence-electron chi connectivity index (χ4n) is 2.61. The molecule has 0 N–H and O–H groups in total. The van der Waals surface area contributed by atoms with Crippen LogP contribution in [0.2, 0.25) is 0 Å². The monoisotopic (exact) mass is 240 g/mol. The van der Waals surface area contributed by atoms with Gasteiger partial charge >= 0.3 is 0 Å². The summed E-state index contributed by atoms with van der Waals surface area (Å²) in [6.07, 6.45) is 0.908. The van der Waals surface area contributed by atoms with E-state index in [-0.39, 0.29) is 0 Å². The van der Waals surface area contributed by atoms with Crippen LogP contribution in [0.15, 0.2) is 30.3 Å². The Morgan fingerprint density at radius 3 is 2.22 bits per heavy atom. The number of hydrogen-bond acceptors (Lipinski definition) is 1. The number of hydrogen-bond donors (Lipinski definition) is 0. The first kappa shape index (κ1) is 12.8. The second-order valence-electron chi connectivity index (χ2n) is 5.48. The topological polar surface area (TPSA) is 17.1 Å². The van der Waals surface area contributed by atoms with Gasteiger partial charge in [0.1, 0.15) is 6.29 Å². The molecule has 94 valence electrons. The van der Waals surface area contributed by atoms with Crippen molar-refractivity contribution in [2.45, 2.75) is 39.5 Å². The van der Waals surface area contributed by atoms with E-state index in [1.807, 2.05) is 12.1 Å². The van der Waals surface area contributed by atoms with Gasteiger partial charge in [-0.2, -0.15) is 0 Å². The van der Waals surface area contributed by atoms with Crippen molar-refractivity contribution in [1.29, 1.82) is 0 Å².